The van der Waals surface area contributed by atoms with E-state index in [1.54, 1.807) is 51.1 Å². The van der Waals surface area contributed by atoms with Gasteiger partial charge in [0.25, 0.3) is 0 Å². The molecule has 30 heavy (non-hydrogen) atoms. The van der Waals surface area contributed by atoms with Crippen LogP contribution >= 0.6 is 0 Å². The Morgan fingerprint density at radius 3 is 2.40 bits per heavy atom. The maximum atomic E-state index is 12.9. The summed E-state index contributed by atoms with van der Waals surface area (Å²) in [6.45, 7) is 4.79. The van der Waals surface area contributed by atoms with E-state index in [1.165, 1.54) is 12.1 Å². The highest BCUT2D eigenvalue weighted by atomic mass is 19.4. The van der Waals surface area contributed by atoms with Crippen LogP contribution in [0.2, 0.25) is 0 Å². The van der Waals surface area contributed by atoms with E-state index in [1.807, 2.05) is 0 Å². The molecule has 0 unspecified atom stereocenters. The number of aliphatic hydroxyl groups excluding tert-OH is 1. The van der Waals surface area contributed by atoms with Gasteiger partial charge in [0.05, 0.1) is 13.2 Å². The second kappa shape index (κ2) is 9.71. The van der Waals surface area contributed by atoms with E-state index in [0.717, 1.165) is 0 Å². The molecule has 0 aliphatic carbocycles. The maximum absolute atomic E-state index is 12.9. The predicted molar refractivity (Wildman–Crippen MR) is 104 cm³/mol. The largest absolute Gasteiger partial charge is 0.573 e. The first-order chi connectivity index (χ1) is 14.0. The van der Waals surface area contributed by atoms with Gasteiger partial charge < -0.3 is 24.6 Å². The Balaban J connectivity index is 2.14. The zero-order valence-electron chi connectivity index (χ0n) is 16.9. The number of halogens is 3. The van der Waals surface area contributed by atoms with Gasteiger partial charge in [0, 0.05) is 0 Å². The maximum Gasteiger partial charge on any atom is 0.573 e. The lowest BCUT2D eigenvalue weighted by Gasteiger charge is -2.20. The normalized spacial score (nSPS) is 11.7. The quantitative estimate of drug-likeness (QED) is 0.629. The summed E-state index contributed by atoms with van der Waals surface area (Å²) in [6.07, 6.45) is -5.57. The molecule has 0 saturated heterocycles. The van der Waals surface area contributed by atoms with Crippen molar-refractivity contribution in [1.82, 2.24) is 5.32 Å². The van der Waals surface area contributed by atoms with Crippen molar-refractivity contribution in [2.75, 3.05) is 13.2 Å². The molecule has 0 bridgehead atoms. The Morgan fingerprint density at radius 2 is 1.77 bits per heavy atom. The smallest absolute Gasteiger partial charge is 0.488 e. The lowest BCUT2D eigenvalue weighted by atomic mass is 10.00. The van der Waals surface area contributed by atoms with Crippen molar-refractivity contribution < 1.29 is 37.3 Å². The molecule has 0 heterocycles. The van der Waals surface area contributed by atoms with Crippen LogP contribution in [-0.2, 0) is 11.3 Å². The number of alkyl halides is 3. The van der Waals surface area contributed by atoms with Crippen LogP contribution in [0, 0.1) is 0 Å². The van der Waals surface area contributed by atoms with Crippen LogP contribution in [-0.4, -0.2) is 36.3 Å². The van der Waals surface area contributed by atoms with Gasteiger partial charge in [-0.15, -0.1) is 13.2 Å². The highest BCUT2D eigenvalue weighted by molar-refractivity contribution is 5.70. The van der Waals surface area contributed by atoms with Crippen molar-refractivity contribution in [1.29, 1.82) is 0 Å². The molecule has 1 amide bonds. The van der Waals surface area contributed by atoms with Crippen molar-refractivity contribution >= 4 is 6.09 Å². The van der Waals surface area contributed by atoms with Gasteiger partial charge in [0.2, 0.25) is 0 Å². The number of ether oxygens (including phenoxy) is 3. The van der Waals surface area contributed by atoms with Gasteiger partial charge >= 0.3 is 12.5 Å². The van der Waals surface area contributed by atoms with Crippen molar-refractivity contribution in [3.63, 3.8) is 0 Å². The second-order valence-electron chi connectivity index (χ2n) is 7.30. The molecule has 0 aliphatic heterocycles. The van der Waals surface area contributed by atoms with Gasteiger partial charge in [-0.3, -0.25) is 0 Å². The summed E-state index contributed by atoms with van der Waals surface area (Å²) in [5.41, 5.74) is 0.897. The predicted octanol–water partition coefficient (Wildman–Crippen LogP) is 4.65. The molecule has 0 aromatic heterocycles. The van der Waals surface area contributed by atoms with Gasteiger partial charge in [0.1, 0.15) is 12.2 Å². The highest BCUT2D eigenvalue weighted by Crippen LogP contribution is 2.37. The number of carbonyl (C=O) groups excluding carboxylic acids is 1. The minimum absolute atomic E-state index is 0.0233. The Kier molecular flexibility index (Phi) is 7.55. The monoisotopic (exact) mass is 427 g/mol. The Bertz CT molecular complexity index is 862. The number of alkyl carbamates (subject to hydrolysis) is 1. The number of carbonyl (C=O) groups is 1. The van der Waals surface area contributed by atoms with Crippen molar-refractivity contribution in [2.45, 2.75) is 39.3 Å². The first-order valence-electron chi connectivity index (χ1n) is 9.17. The van der Waals surface area contributed by atoms with E-state index >= 15 is 0 Å². The van der Waals surface area contributed by atoms with Gasteiger partial charge in [0.15, 0.2) is 11.5 Å². The Morgan fingerprint density at radius 1 is 1.07 bits per heavy atom. The third-order valence-corrected chi connectivity index (χ3v) is 3.70. The molecule has 9 heteroatoms. The fourth-order valence-electron chi connectivity index (χ4n) is 2.57. The molecule has 0 saturated carbocycles. The second-order valence-corrected chi connectivity index (χ2v) is 7.30. The van der Waals surface area contributed by atoms with Crippen LogP contribution in [0.1, 0.15) is 26.3 Å². The van der Waals surface area contributed by atoms with Crippen molar-refractivity contribution in [3.8, 4) is 22.6 Å². The summed E-state index contributed by atoms with van der Waals surface area (Å²) < 4.78 is 53.1. The Labute approximate surface area is 172 Å². The molecule has 0 atom stereocenters. The molecule has 6 nitrogen and oxygen atoms in total. The lowest BCUT2D eigenvalue weighted by molar-refractivity contribution is -0.275. The number of nitrogens with one attached hydrogen (secondary N) is 1. The van der Waals surface area contributed by atoms with E-state index in [-0.39, 0.29) is 25.5 Å². The molecule has 0 spiro atoms. The molecule has 2 rings (SSSR count). The summed E-state index contributed by atoms with van der Waals surface area (Å²) in [4.78, 5) is 11.6. The topological polar surface area (TPSA) is 77.0 Å². The molecule has 0 fully saturated rings. The summed E-state index contributed by atoms with van der Waals surface area (Å²) in [7, 11) is 0. The fourth-order valence-corrected chi connectivity index (χ4v) is 2.57. The van der Waals surface area contributed by atoms with E-state index in [4.69, 9.17) is 9.47 Å². The summed E-state index contributed by atoms with van der Waals surface area (Å²) in [5, 5.41) is 11.9. The van der Waals surface area contributed by atoms with Crippen LogP contribution < -0.4 is 14.8 Å². The van der Waals surface area contributed by atoms with Gasteiger partial charge in [-0.05, 0) is 49.6 Å². The average Bonchev–Trinajstić information content (AvgIpc) is 2.63. The van der Waals surface area contributed by atoms with Gasteiger partial charge in [-0.2, -0.15) is 0 Å². The van der Waals surface area contributed by atoms with Gasteiger partial charge in [-0.1, -0.05) is 30.3 Å². The first kappa shape index (κ1) is 23.3. The zero-order chi connectivity index (χ0) is 22.4. The molecule has 0 radical (unpaired) electrons. The molecule has 2 N–H and O–H groups in total. The number of aliphatic hydroxyl groups is 1. The van der Waals surface area contributed by atoms with E-state index < -0.39 is 23.8 Å². The Hall–Kier alpha value is -2.94. The van der Waals surface area contributed by atoms with Gasteiger partial charge in [-0.25, -0.2) is 4.79 Å². The van der Waals surface area contributed by atoms with Crippen LogP contribution in [0.25, 0.3) is 11.1 Å². The number of hydrogen-bond acceptors (Lipinski definition) is 5. The average molecular weight is 427 g/mol. The standard InChI is InChI=1S/C21H24F3NO5/c1-20(2,3)30-19(27)25-10-11-28-17-9-8-14(12-18(17)29-21(22,23)24)16-7-5-4-6-15(16)13-26/h4-9,12,26H,10-11,13H2,1-3H3,(H,25,27). The van der Waals surface area contributed by atoms with Crippen LogP contribution in [0.15, 0.2) is 42.5 Å². The molecule has 164 valence electrons. The van der Waals surface area contributed by atoms with E-state index in [9.17, 15) is 23.1 Å². The van der Waals surface area contributed by atoms with Crippen LogP contribution in [0.4, 0.5) is 18.0 Å². The lowest BCUT2D eigenvalue weighted by Crippen LogP contribution is -2.34. The highest BCUT2D eigenvalue weighted by Gasteiger charge is 2.32. The minimum atomic E-state index is -4.91. The molecule has 2 aromatic rings. The number of benzene rings is 2. The minimum Gasteiger partial charge on any atom is -0.488 e. The summed E-state index contributed by atoms with van der Waals surface area (Å²) in [5.74, 6) is -0.659. The third-order valence-electron chi connectivity index (χ3n) is 3.70. The first-order valence-corrected chi connectivity index (χ1v) is 9.17. The molecular weight excluding hydrogens is 403 g/mol. The summed E-state index contributed by atoms with van der Waals surface area (Å²) in [6, 6.07) is 10.9. The number of amides is 1. The fraction of sp³-hybridized carbons (Fsp3) is 0.381. The van der Waals surface area contributed by atoms with Crippen molar-refractivity contribution in [3.05, 3.63) is 48.0 Å². The summed E-state index contributed by atoms with van der Waals surface area (Å²) >= 11 is 0. The molecular formula is C21H24F3NO5. The number of hydrogen-bond donors (Lipinski definition) is 2. The third kappa shape index (κ3) is 7.47. The SMILES string of the molecule is CC(C)(C)OC(=O)NCCOc1ccc(-c2ccccc2CO)cc1OC(F)(F)F. The molecule has 0 aliphatic rings. The van der Waals surface area contributed by atoms with Crippen molar-refractivity contribution in [2.24, 2.45) is 0 Å². The zero-order valence-corrected chi connectivity index (χ0v) is 16.9. The van der Waals surface area contributed by atoms with E-state index in [0.29, 0.717) is 16.7 Å². The van der Waals surface area contributed by atoms with Crippen LogP contribution in [0.5, 0.6) is 11.5 Å². The van der Waals surface area contributed by atoms with E-state index in [2.05, 4.69) is 10.1 Å². The number of rotatable bonds is 7. The molecule has 2 aromatic carbocycles. The van der Waals surface area contributed by atoms with Crippen LogP contribution in [0.3, 0.4) is 0 Å².